The molecule has 1 aliphatic carbocycles. The molecular formula is C33H32NO7S+. The van der Waals surface area contributed by atoms with E-state index in [-0.39, 0.29) is 16.9 Å². The van der Waals surface area contributed by atoms with Gasteiger partial charge in [-0.15, -0.1) is 0 Å². The maximum atomic E-state index is 12.3. The molecule has 1 N–H and O–H groups in total. The van der Waals surface area contributed by atoms with E-state index in [1.165, 1.54) is 11.8 Å². The summed E-state index contributed by atoms with van der Waals surface area (Å²) in [6.07, 6.45) is 10.5. The van der Waals surface area contributed by atoms with Crippen molar-refractivity contribution in [2.75, 3.05) is 12.3 Å². The molecule has 0 amide bonds. The highest BCUT2D eigenvalue weighted by Gasteiger charge is 2.44. The number of para-hydroxylation sites is 1. The van der Waals surface area contributed by atoms with E-state index < -0.39 is 16.1 Å². The highest BCUT2D eigenvalue weighted by molar-refractivity contribution is 7.85. The molecule has 0 unspecified atom stereocenters. The molecule has 3 heterocycles. The number of unbranched alkanes of at least 4 members (excludes halogenated alkanes) is 1. The van der Waals surface area contributed by atoms with Crippen LogP contribution in [0.2, 0.25) is 0 Å². The van der Waals surface area contributed by atoms with Gasteiger partial charge in [0.1, 0.15) is 23.8 Å². The first-order valence-corrected chi connectivity index (χ1v) is 15.6. The van der Waals surface area contributed by atoms with Gasteiger partial charge in [0, 0.05) is 35.8 Å². The standard InChI is InChI=1S/C33H31NO7S/c1-33(2)26-8-3-4-9-27(26)34(17-5-6-19-42(36,37)38)30(33)16-14-22-11-12-24-20-23-13-15-25(21-29(23)41-31(22)24)40-32(35)28-10-7-18-39-28/h3-4,7-10,13-16,18,20-21H,5-6,11-12,17,19H2,1-2H3/p+1/b16-14+. The second-order valence-corrected chi connectivity index (χ2v) is 12.8. The highest BCUT2D eigenvalue weighted by atomic mass is 32.2. The van der Waals surface area contributed by atoms with Gasteiger partial charge in [-0.25, -0.2) is 4.79 Å². The predicted molar refractivity (Wildman–Crippen MR) is 159 cm³/mol. The van der Waals surface area contributed by atoms with Gasteiger partial charge in [-0.1, -0.05) is 18.2 Å². The smallest absolute Gasteiger partial charge is 0.379 e. The normalized spacial score (nSPS) is 17.2. The number of allylic oxidation sites excluding steroid dienone is 4. The van der Waals surface area contributed by atoms with E-state index in [0.29, 0.717) is 30.9 Å². The second kappa shape index (κ2) is 10.9. The zero-order chi connectivity index (χ0) is 29.5. The summed E-state index contributed by atoms with van der Waals surface area (Å²) in [4.78, 5) is 12.3. The number of hydrogen-bond donors (Lipinski definition) is 1. The van der Waals surface area contributed by atoms with Gasteiger partial charge in [0.2, 0.25) is 11.4 Å². The van der Waals surface area contributed by atoms with Crippen molar-refractivity contribution in [3.8, 4) is 11.5 Å². The van der Waals surface area contributed by atoms with Gasteiger partial charge in [0.15, 0.2) is 5.71 Å². The topological polar surface area (TPSA) is 106 Å². The quantitative estimate of drug-likeness (QED) is 0.0987. The van der Waals surface area contributed by atoms with Crippen molar-refractivity contribution >= 4 is 33.6 Å². The van der Waals surface area contributed by atoms with Crippen LogP contribution >= 0.6 is 0 Å². The van der Waals surface area contributed by atoms with Crippen LogP contribution in [-0.2, 0) is 15.5 Å². The van der Waals surface area contributed by atoms with Crippen molar-refractivity contribution in [1.82, 2.24) is 0 Å². The van der Waals surface area contributed by atoms with Gasteiger partial charge in [-0.3, -0.25) is 4.55 Å². The Hall–Kier alpha value is -4.21. The molecule has 0 fully saturated rings. The van der Waals surface area contributed by atoms with Crippen LogP contribution in [0.1, 0.15) is 61.2 Å². The van der Waals surface area contributed by atoms with Crippen molar-refractivity contribution < 1.29 is 36.2 Å². The van der Waals surface area contributed by atoms with Crippen molar-refractivity contribution in [3.05, 3.63) is 107 Å². The third-order valence-corrected chi connectivity index (χ3v) is 8.79. The van der Waals surface area contributed by atoms with E-state index in [1.807, 2.05) is 18.2 Å². The van der Waals surface area contributed by atoms with Crippen LogP contribution in [-0.4, -0.2) is 41.5 Å². The Balaban J connectivity index is 1.27. The van der Waals surface area contributed by atoms with Crippen molar-refractivity contribution in [1.29, 1.82) is 0 Å². The molecule has 0 spiro atoms. The summed E-state index contributed by atoms with van der Waals surface area (Å²) < 4.78 is 50.9. The van der Waals surface area contributed by atoms with Gasteiger partial charge >= 0.3 is 5.97 Å². The summed E-state index contributed by atoms with van der Waals surface area (Å²) >= 11 is 0. The maximum absolute atomic E-state index is 12.3. The molecule has 8 nitrogen and oxygen atoms in total. The first-order chi connectivity index (χ1) is 20.1. The lowest BCUT2D eigenvalue weighted by Gasteiger charge is -2.19. The van der Waals surface area contributed by atoms with Crippen LogP contribution in [0.25, 0.3) is 6.08 Å². The number of rotatable bonds is 9. The summed E-state index contributed by atoms with van der Waals surface area (Å²) in [6, 6.07) is 16.8. The minimum atomic E-state index is -3.98. The molecule has 2 aliphatic heterocycles. The highest BCUT2D eigenvalue weighted by Crippen LogP contribution is 2.43. The van der Waals surface area contributed by atoms with Crippen LogP contribution < -0.4 is 9.47 Å². The summed E-state index contributed by atoms with van der Waals surface area (Å²) in [5.74, 6) is 1.12. The monoisotopic (exact) mass is 586 g/mol. The zero-order valence-electron chi connectivity index (χ0n) is 23.5. The molecule has 3 aliphatic rings. The summed E-state index contributed by atoms with van der Waals surface area (Å²) in [7, 11) is -3.98. The van der Waals surface area contributed by atoms with E-state index in [1.54, 1.807) is 24.3 Å². The molecule has 3 aromatic rings. The number of fused-ring (bicyclic) bond motifs is 3. The molecule has 1 aromatic heterocycles. The fourth-order valence-electron chi connectivity index (χ4n) is 5.88. The summed E-state index contributed by atoms with van der Waals surface area (Å²) in [6.45, 7) is 5.02. The Labute approximate surface area is 245 Å². The number of esters is 1. The molecule has 6 rings (SSSR count). The Morgan fingerprint density at radius 2 is 1.90 bits per heavy atom. The molecule has 9 heteroatoms. The van der Waals surface area contributed by atoms with Gasteiger partial charge in [0.05, 0.1) is 17.4 Å². The number of carbonyl (C=O) groups excluding carboxylic acids is 1. The lowest BCUT2D eigenvalue weighted by molar-refractivity contribution is -0.438. The SMILES string of the molecule is CC1(C)C(/C=C/C2=C3Oc4cc(OC(=O)c5ccco5)ccc4C=C3CC2)=[N+](CCCCS(=O)(=O)O)c2ccccc21. The van der Waals surface area contributed by atoms with E-state index in [0.717, 1.165) is 46.7 Å². The van der Waals surface area contributed by atoms with Gasteiger partial charge in [-0.05, 0) is 80.7 Å². The molecule has 2 aromatic carbocycles. The first kappa shape index (κ1) is 27.9. The van der Waals surface area contributed by atoms with Gasteiger partial charge in [0.25, 0.3) is 10.1 Å². The van der Waals surface area contributed by atoms with E-state index in [4.69, 9.17) is 18.4 Å². The third kappa shape index (κ3) is 5.49. The Morgan fingerprint density at radius 1 is 1.07 bits per heavy atom. The van der Waals surface area contributed by atoms with E-state index >= 15 is 0 Å². The van der Waals surface area contributed by atoms with Crippen molar-refractivity contribution in [2.45, 2.75) is 44.9 Å². The average molecular weight is 587 g/mol. The molecule has 42 heavy (non-hydrogen) atoms. The fraction of sp³-hybridized carbons (Fsp3) is 0.273. The fourth-order valence-corrected chi connectivity index (χ4v) is 6.45. The Bertz CT molecular complexity index is 1790. The Kier molecular flexibility index (Phi) is 7.24. The zero-order valence-corrected chi connectivity index (χ0v) is 24.3. The van der Waals surface area contributed by atoms with Crippen LogP contribution in [0.3, 0.4) is 0 Å². The van der Waals surface area contributed by atoms with Crippen LogP contribution in [0, 0.1) is 0 Å². The van der Waals surface area contributed by atoms with Crippen LogP contribution in [0.15, 0.2) is 94.3 Å². The van der Waals surface area contributed by atoms with Gasteiger partial charge in [-0.2, -0.15) is 13.0 Å². The Morgan fingerprint density at radius 3 is 2.69 bits per heavy atom. The van der Waals surface area contributed by atoms with E-state index in [9.17, 15) is 13.2 Å². The number of carbonyl (C=O) groups is 1. The average Bonchev–Trinajstić information content (AvgIpc) is 3.67. The lowest BCUT2D eigenvalue weighted by atomic mass is 9.81. The van der Waals surface area contributed by atoms with Crippen molar-refractivity contribution in [2.24, 2.45) is 0 Å². The number of ether oxygens (including phenoxy) is 2. The lowest BCUT2D eigenvalue weighted by Crippen LogP contribution is -2.28. The first-order valence-electron chi connectivity index (χ1n) is 14.0. The number of benzene rings is 2. The van der Waals surface area contributed by atoms with E-state index in [2.05, 4.69) is 48.8 Å². The van der Waals surface area contributed by atoms with Gasteiger partial charge < -0.3 is 13.9 Å². The molecule has 0 radical (unpaired) electrons. The molecule has 0 saturated carbocycles. The summed E-state index contributed by atoms with van der Waals surface area (Å²) in [5.41, 5.74) is 6.31. The maximum Gasteiger partial charge on any atom is 0.379 e. The third-order valence-electron chi connectivity index (χ3n) is 7.98. The number of nitrogens with zero attached hydrogens (tertiary/aromatic N) is 1. The molecule has 0 atom stereocenters. The molecule has 0 bridgehead atoms. The predicted octanol–water partition coefficient (Wildman–Crippen LogP) is 6.62. The second-order valence-electron chi connectivity index (χ2n) is 11.2. The largest absolute Gasteiger partial charge is 0.457 e. The summed E-state index contributed by atoms with van der Waals surface area (Å²) in [5, 5.41) is 0. The molecule has 216 valence electrons. The molecular weight excluding hydrogens is 554 g/mol. The number of hydrogen-bond acceptors (Lipinski definition) is 6. The van der Waals surface area contributed by atoms with Crippen LogP contribution in [0.5, 0.6) is 11.5 Å². The minimum Gasteiger partial charge on any atom is -0.457 e. The van der Waals surface area contributed by atoms with Crippen molar-refractivity contribution in [3.63, 3.8) is 0 Å². The minimum absolute atomic E-state index is 0.128. The molecule has 0 saturated heterocycles. The number of furan rings is 1. The van der Waals surface area contributed by atoms with Crippen LogP contribution in [0.4, 0.5) is 5.69 Å².